The number of aliphatic hydroxyl groups is 1. The molecule has 1 aliphatic heterocycles. The third-order valence-corrected chi connectivity index (χ3v) is 3.92. The fraction of sp³-hybridized carbons (Fsp3) is 0.438. The summed E-state index contributed by atoms with van der Waals surface area (Å²) in [6, 6.07) is 7.33. The SMILES string of the molecule is OCCOC1CCN(c2nccc3ccc(O)cc23)CC1. The summed E-state index contributed by atoms with van der Waals surface area (Å²) in [5, 5.41) is 20.6. The third kappa shape index (κ3) is 3.09. The lowest BCUT2D eigenvalue weighted by atomic mass is 10.1. The van der Waals surface area contributed by atoms with Crippen LogP contribution in [0.5, 0.6) is 5.75 Å². The summed E-state index contributed by atoms with van der Waals surface area (Å²) in [4.78, 5) is 6.73. The lowest BCUT2D eigenvalue weighted by Gasteiger charge is -2.33. The number of aromatic nitrogens is 1. The molecule has 3 rings (SSSR count). The third-order valence-electron chi connectivity index (χ3n) is 3.92. The predicted molar refractivity (Wildman–Crippen MR) is 81.7 cm³/mol. The molecular formula is C16H20N2O3. The van der Waals surface area contributed by atoms with Crippen LogP contribution < -0.4 is 4.90 Å². The van der Waals surface area contributed by atoms with Crippen molar-refractivity contribution in [3.8, 4) is 5.75 Å². The second kappa shape index (κ2) is 6.28. The highest BCUT2D eigenvalue weighted by Gasteiger charge is 2.21. The van der Waals surface area contributed by atoms with Crippen LogP contribution in [0.2, 0.25) is 0 Å². The Morgan fingerprint density at radius 2 is 2.05 bits per heavy atom. The van der Waals surface area contributed by atoms with E-state index in [4.69, 9.17) is 9.84 Å². The van der Waals surface area contributed by atoms with Gasteiger partial charge in [-0.3, -0.25) is 0 Å². The topological polar surface area (TPSA) is 65.8 Å². The molecule has 1 saturated heterocycles. The van der Waals surface area contributed by atoms with E-state index in [-0.39, 0.29) is 18.5 Å². The van der Waals surface area contributed by atoms with Crippen LogP contribution in [-0.4, -0.2) is 47.6 Å². The van der Waals surface area contributed by atoms with Crippen LogP contribution in [0.25, 0.3) is 10.8 Å². The zero-order valence-electron chi connectivity index (χ0n) is 11.9. The summed E-state index contributed by atoms with van der Waals surface area (Å²) in [6.45, 7) is 2.23. The van der Waals surface area contributed by atoms with Crippen molar-refractivity contribution in [2.24, 2.45) is 0 Å². The van der Waals surface area contributed by atoms with Crippen LogP contribution >= 0.6 is 0 Å². The number of hydrogen-bond donors (Lipinski definition) is 2. The van der Waals surface area contributed by atoms with Gasteiger partial charge in [0.1, 0.15) is 11.6 Å². The standard InChI is InChI=1S/C16H20N2O3/c19-9-10-21-14-4-7-18(8-5-14)16-15-11-13(20)2-1-12(15)3-6-17-16/h1-3,6,11,14,19-20H,4-5,7-10H2. The minimum Gasteiger partial charge on any atom is -0.508 e. The molecule has 0 unspecified atom stereocenters. The summed E-state index contributed by atoms with van der Waals surface area (Å²) in [5.74, 6) is 1.18. The van der Waals surface area contributed by atoms with Crippen LogP contribution in [0.1, 0.15) is 12.8 Å². The molecule has 0 spiro atoms. The smallest absolute Gasteiger partial charge is 0.136 e. The van der Waals surface area contributed by atoms with Gasteiger partial charge in [-0.2, -0.15) is 0 Å². The number of phenolic OH excluding ortho intramolecular Hbond substituents is 1. The van der Waals surface area contributed by atoms with E-state index in [1.807, 2.05) is 18.3 Å². The number of hydrogen-bond acceptors (Lipinski definition) is 5. The Morgan fingerprint density at radius 1 is 1.24 bits per heavy atom. The molecule has 1 aliphatic rings. The molecule has 21 heavy (non-hydrogen) atoms. The molecule has 1 fully saturated rings. The van der Waals surface area contributed by atoms with Crippen molar-refractivity contribution in [3.05, 3.63) is 30.5 Å². The first-order chi connectivity index (χ1) is 10.3. The van der Waals surface area contributed by atoms with Crippen LogP contribution in [0.4, 0.5) is 5.82 Å². The molecule has 2 N–H and O–H groups in total. The second-order valence-corrected chi connectivity index (χ2v) is 5.32. The van der Waals surface area contributed by atoms with Crippen molar-refractivity contribution in [2.45, 2.75) is 18.9 Å². The van der Waals surface area contributed by atoms with Crippen molar-refractivity contribution in [2.75, 3.05) is 31.2 Å². The molecule has 0 amide bonds. The van der Waals surface area contributed by atoms with Crippen LogP contribution in [0, 0.1) is 0 Å². The Bertz CT molecular complexity index is 609. The average Bonchev–Trinajstić information content (AvgIpc) is 2.53. The number of fused-ring (bicyclic) bond motifs is 1. The molecule has 2 heterocycles. The van der Waals surface area contributed by atoms with E-state index < -0.39 is 0 Å². The van der Waals surface area contributed by atoms with E-state index in [1.165, 1.54) is 0 Å². The first-order valence-electron chi connectivity index (χ1n) is 7.33. The number of pyridine rings is 1. The summed E-state index contributed by atoms with van der Waals surface area (Å²) in [5.41, 5.74) is 0. The summed E-state index contributed by atoms with van der Waals surface area (Å²) in [6.07, 6.45) is 3.88. The lowest BCUT2D eigenvalue weighted by molar-refractivity contribution is 0.0158. The maximum atomic E-state index is 9.70. The Morgan fingerprint density at radius 3 is 2.81 bits per heavy atom. The molecule has 1 aromatic carbocycles. The van der Waals surface area contributed by atoms with Gasteiger partial charge in [0.25, 0.3) is 0 Å². The fourth-order valence-electron chi connectivity index (χ4n) is 2.85. The normalized spacial score (nSPS) is 16.5. The molecule has 0 aliphatic carbocycles. The van der Waals surface area contributed by atoms with Gasteiger partial charge in [0.15, 0.2) is 0 Å². The number of aromatic hydroxyl groups is 1. The van der Waals surface area contributed by atoms with Crippen molar-refractivity contribution in [1.82, 2.24) is 4.98 Å². The summed E-state index contributed by atoms with van der Waals surface area (Å²) < 4.78 is 5.59. The van der Waals surface area contributed by atoms with E-state index in [0.29, 0.717) is 6.61 Å². The minimum atomic E-state index is 0.0738. The number of piperidine rings is 1. The molecule has 2 aromatic rings. The molecule has 1 aromatic heterocycles. The number of anilines is 1. The molecule has 0 atom stereocenters. The van der Waals surface area contributed by atoms with Crippen molar-refractivity contribution >= 4 is 16.6 Å². The van der Waals surface area contributed by atoms with Crippen LogP contribution in [0.15, 0.2) is 30.5 Å². The highest BCUT2D eigenvalue weighted by atomic mass is 16.5. The zero-order chi connectivity index (χ0) is 14.7. The first-order valence-corrected chi connectivity index (χ1v) is 7.33. The molecule has 112 valence electrons. The summed E-state index contributed by atoms with van der Waals surface area (Å²) >= 11 is 0. The van der Waals surface area contributed by atoms with Gasteiger partial charge in [-0.05, 0) is 36.4 Å². The average molecular weight is 288 g/mol. The largest absolute Gasteiger partial charge is 0.508 e. The Balaban J connectivity index is 1.78. The monoisotopic (exact) mass is 288 g/mol. The number of rotatable bonds is 4. The number of nitrogens with zero attached hydrogens (tertiary/aromatic N) is 2. The van der Waals surface area contributed by atoms with E-state index in [1.54, 1.807) is 12.1 Å². The Labute approximate surface area is 123 Å². The van der Waals surface area contributed by atoms with Gasteiger partial charge >= 0.3 is 0 Å². The van der Waals surface area contributed by atoms with Crippen LogP contribution in [-0.2, 0) is 4.74 Å². The second-order valence-electron chi connectivity index (χ2n) is 5.32. The molecule has 5 nitrogen and oxygen atoms in total. The number of aliphatic hydroxyl groups excluding tert-OH is 1. The molecular weight excluding hydrogens is 268 g/mol. The van der Waals surface area contributed by atoms with E-state index >= 15 is 0 Å². The minimum absolute atomic E-state index is 0.0738. The van der Waals surface area contributed by atoms with Crippen LogP contribution in [0.3, 0.4) is 0 Å². The van der Waals surface area contributed by atoms with Gasteiger partial charge < -0.3 is 19.8 Å². The fourth-order valence-corrected chi connectivity index (χ4v) is 2.85. The Hall–Kier alpha value is -1.85. The van der Waals surface area contributed by atoms with Crippen molar-refractivity contribution in [3.63, 3.8) is 0 Å². The van der Waals surface area contributed by atoms with Crippen molar-refractivity contribution < 1.29 is 14.9 Å². The van der Waals surface area contributed by atoms with Gasteiger partial charge in [0, 0.05) is 24.7 Å². The summed E-state index contributed by atoms with van der Waals surface area (Å²) in [7, 11) is 0. The molecule has 0 saturated carbocycles. The van der Waals surface area contributed by atoms with Gasteiger partial charge in [0.05, 0.1) is 19.3 Å². The van der Waals surface area contributed by atoms with Gasteiger partial charge in [0.2, 0.25) is 0 Å². The zero-order valence-corrected chi connectivity index (χ0v) is 11.9. The maximum Gasteiger partial charge on any atom is 0.136 e. The van der Waals surface area contributed by atoms with Gasteiger partial charge in [-0.1, -0.05) is 6.07 Å². The van der Waals surface area contributed by atoms with E-state index in [0.717, 1.165) is 42.5 Å². The number of ether oxygens (including phenoxy) is 1. The highest BCUT2D eigenvalue weighted by Crippen LogP contribution is 2.29. The van der Waals surface area contributed by atoms with E-state index in [9.17, 15) is 5.11 Å². The molecule has 0 bridgehead atoms. The van der Waals surface area contributed by atoms with E-state index in [2.05, 4.69) is 9.88 Å². The van der Waals surface area contributed by atoms with Gasteiger partial charge in [-0.15, -0.1) is 0 Å². The Kier molecular flexibility index (Phi) is 4.22. The highest BCUT2D eigenvalue weighted by molar-refractivity contribution is 5.93. The van der Waals surface area contributed by atoms with Crippen molar-refractivity contribution in [1.29, 1.82) is 0 Å². The predicted octanol–water partition coefficient (Wildman–Crippen LogP) is 1.92. The van der Waals surface area contributed by atoms with Gasteiger partial charge in [-0.25, -0.2) is 4.98 Å². The lowest BCUT2D eigenvalue weighted by Crippen LogP contribution is -2.37. The quantitative estimate of drug-likeness (QED) is 0.900. The maximum absolute atomic E-state index is 9.70. The molecule has 0 radical (unpaired) electrons. The number of benzene rings is 1. The molecule has 5 heteroatoms. The first kappa shape index (κ1) is 14.1. The number of phenols is 1.